The molecule has 1 aromatic carbocycles. The molecule has 3 aromatic rings. The van der Waals surface area contributed by atoms with Gasteiger partial charge in [-0.2, -0.15) is 10.2 Å². The van der Waals surface area contributed by atoms with Crippen molar-refractivity contribution in [3.05, 3.63) is 41.7 Å². The minimum Gasteiger partial charge on any atom is -0.471 e. The van der Waals surface area contributed by atoms with Crippen LogP contribution in [0.3, 0.4) is 0 Å². The molecule has 1 saturated carbocycles. The molecule has 5 rings (SSSR count). The molecule has 2 aromatic heterocycles. The van der Waals surface area contributed by atoms with Crippen LogP contribution >= 0.6 is 0 Å². The lowest BCUT2D eigenvalue weighted by Crippen LogP contribution is -2.31. The van der Waals surface area contributed by atoms with Gasteiger partial charge in [-0.25, -0.2) is 18.7 Å². The maximum Gasteiger partial charge on any atom is 0.248 e. The van der Waals surface area contributed by atoms with Gasteiger partial charge in [0, 0.05) is 19.4 Å². The molecule has 1 aliphatic carbocycles. The molecule has 0 bridgehead atoms. The number of ether oxygens (including phenoxy) is 2. The number of nitrogens with zero attached hydrogens (tertiary/aromatic N) is 5. The standard InChI is InChI=1S/C25H28F2N6O4/c1-14-19(34)20(35)23(37-14)33-21-18(32-24(33)29-11-16-6-8-25(26,27)9-7-16)22(31-13-30-21)36-12-17-4-2-15(10-28)3-5-17/h2-5,13-14,16,19-20,23,34-35H,6-9,11-12H2,1H3,(H,29,32)/t14-,19-,20-,23-/m1/s1. The van der Waals surface area contributed by atoms with Crippen LogP contribution in [0.4, 0.5) is 14.7 Å². The van der Waals surface area contributed by atoms with E-state index in [9.17, 15) is 19.0 Å². The van der Waals surface area contributed by atoms with Gasteiger partial charge in [-0.05, 0) is 43.4 Å². The summed E-state index contributed by atoms with van der Waals surface area (Å²) in [6.07, 6.45) is -2.17. The van der Waals surface area contributed by atoms with Gasteiger partial charge >= 0.3 is 0 Å². The van der Waals surface area contributed by atoms with E-state index in [0.29, 0.717) is 42.1 Å². The van der Waals surface area contributed by atoms with E-state index in [4.69, 9.17) is 14.7 Å². The van der Waals surface area contributed by atoms with Crippen molar-refractivity contribution in [1.82, 2.24) is 19.5 Å². The molecule has 37 heavy (non-hydrogen) atoms. The number of aliphatic hydroxyl groups excluding tert-OH is 2. The molecule has 0 spiro atoms. The van der Waals surface area contributed by atoms with Gasteiger partial charge in [-0.3, -0.25) is 4.57 Å². The van der Waals surface area contributed by atoms with E-state index in [2.05, 4.69) is 26.3 Å². The highest BCUT2D eigenvalue weighted by Gasteiger charge is 2.43. The van der Waals surface area contributed by atoms with Crippen molar-refractivity contribution in [3.63, 3.8) is 0 Å². The summed E-state index contributed by atoms with van der Waals surface area (Å²) in [6.45, 7) is 2.22. The first-order chi connectivity index (χ1) is 17.8. The first-order valence-electron chi connectivity index (χ1n) is 12.2. The molecule has 1 aliphatic heterocycles. The minimum absolute atomic E-state index is 0.0324. The zero-order valence-electron chi connectivity index (χ0n) is 20.2. The topological polar surface area (TPSA) is 138 Å². The average molecular weight is 515 g/mol. The maximum absolute atomic E-state index is 13.6. The van der Waals surface area contributed by atoms with Crippen LogP contribution in [-0.2, 0) is 11.3 Å². The smallest absolute Gasteiger partial charge is 0.248 e. The number of fused-ring (bicyclic) bond motifs is 1. The second-order valence-corrected chi connectivity index (χ2v) is 9.65. The zero-order valence-corrected chi connectivity index (χ0v) is 20.2. The first kappa shape index (κ1) is 25.3. The van der Waals surface area contributed by atoms with E-state index < -0.39 is 30.5 Å². The van der Waals surface area contributed by atoms with Gasteiger partial charge in [-0.1, -0.05) is 12.1 Å². The Bertz CT molecular complexity index is 1280. The molecule has 2 fully saturated rings. The summed E-state index contributed by atoms with van der Waals surface area (Å²) in [5.41, 5.74) is 2.01. The van der Waals surface area contributed by atoms with Crippen molar-refractivity contribution in [2.75, 3.05) is 11.9 Å². The van der Waals surface area contributed by atoms with Crippen molar-refractivity contribution in [2.24, 2.45) is 5.92 Å². The van der Waals surface area contributed by atoms with E-state index in [1.54, 1.807) is 35.8 Å². The second kappa shape index (κ2) is 10.2. The summed E-state index contributed by atoms with van der Waals surface area (Å²) in [7, 11) is 0. The van der Waals surface area contributed by atoms with E-state index in [0.717, 1.165) is 5.56 Å². The van der Waals surface area contributed by atoms with Crippen molar-refractivity contribution in [3.8, 4) is 11.9 Å². The second-order valence-electron chi connectivity index (χ2n) is 9.65. The molecule has 4 atom stereocenters. The van der Waals surface area contributed by atoms with Gasteiger partial charge in [0.05, 0.1) is 17.7 Å². The van der Waals surface area contributed by atoms with Crippen LogP contribution in [0.25, 0.3) is 11.2 Å². The van der Waals surface area contributed by atoms with Crippen LogP contribution in [0.15, 0.2) is 30.6 Å². The Morgan fingerprint density at radius 1 is 1.19 bits per heavy atom. The number of hydrogen-bond donors (Lipinski definition) is 3. The molecule has 3 N–H and O–H groups in total. The highest BCUT2D eigenvalue weighted by Crippen LogP contribution is 2.38. The zero-order chi connectivity index (χ0) is 26.2. The van der Waals surface area contributed by atoms with Crippen LogP contribution in [0.1, 0.15) is 50.0 Å². The Morgan fingerprint density at radius 2 is 1.92 bits per heavy atom. The summed E-state index contributed by atoms with van der Waals surface area (Å²) in [4.78, 5) is 13.2. The lowest BCUT2D eigenvalue weighted by atomic mass is 9.87. The molecule has 0 unspecified atom stereocenters. The minimum atomic E-state index is -2.62. The largest absolute Gasteiger partial charge is 0.471 e. The number of anilines is 1. The van der Waals surface area contributed by atoms with E-state index in [-0.39, 0.29) is 31.2 Å². The monoisotopic (exact) mass is 514 g/mol. The van der Waals surface area contributed by atoms with Gasteiger partial charge < -0.3 is 25.0 Å². The fourth-order valence-corrected chi connectivity index (χ4v) is 4.77. The van der Waals surface area contributed by atoms with Gasteiger partial charge in [0.1, 0.15) is 25.1 Å². The van der Waals surface area contributed by atoms with Crippen LogP contribution in [0, 0.1) is 17.2 Å². The third-order valence-electron chi connectivity index (χ3n) is 7.02. The molecule has 3 heterocycles. The van der Waals surface area contributed by atoms with Crippen LogP contribution in [0.5, 0.6) is 5.88 Å². The Hall–Kier alpha value is -3.40. The van der Waals surface area contributed by atoms with E-state index in [1.807, 2.05) is 0 Å². The number of rotatable bonds is 7. The molecule has 2 aliphatic rings. The normalized spacial score (nSPS) is 25.7. The van der Waals surface area contributed by atoms with Crippen molar-refractivity contribution in [2.45, 2.75) is 69.7 Å². The quantitative estimate of drug-likeness (QED) is 0.434. The predicted molar refractivity (Wildman–Crippen MR) is 128 cm³/mol. The number of hydrogen-bond acceptors (Lipinski definition) is 9. The maximum atomic E-state index is 13.6. The summed E-state index contributed by atoms with van der Waals surface area (Å²) in [6, 6.07) is 9.01. The Kier molecular flexibility index (Phi) is 6.94. The molecule has 0 radical (unpaired) electrons. The van der Waals surface area contributed by atoms with Crippen LogP contribution < -0.4 is 10.1 Å². The Balaban J connectivity index is 1.43. The average Bonchev–Trinajstić information content (AvgIpc) is 3.39. The first-order valence-corrected chi connectivity index (χ1v) is 12.2. The van der Waals surface area contributed by atoms with E-state index in [1.165, 1.54) is 6.33 Å². The molecule has 12 heteroatoms. The Morgan fingerprint density at radius 3 is 2.57 bits per heavy atom. The highest BCUT2D eigenvalue weighted by molar-refractivity contribution is 5.79. The molecule has 1 saturated heterocycles. The summed E-state index contributed by atoms with van der Waals surface area (Å²) < 4.78 is 40.5. The molecule has 196 valence electrons. The summed E-state index contributed by atoms with van der Waals surface area (Å²) in [5.74, 6) is -2.07. The number of nitriles is 1. The number of nitrogens with one attached hydrogen (secondary N) is 1. The van der Waals surface area contributed by atoms with Gasteiger partial charge in [0.15, 0.2) is 17.4 Å². The third-order valence-corrected chi connectivity index (χ3v) is 7.02. The number of benzene rings is 1. The SMILES string of the molecule is C[C@H]1O[C@@H](n2c(NCC3CCC(F)(F)CC3)nc3c(OCc4ccc(C#N)cc4)ncnc32)[C@H](O)[C@@H]1O. The number of imidazole rings is 1. The number of alkyl halides is 2. The van der Waals surface area contributed by atoms with E-state index >= 15 is 0 Å². The lowest BCUT2D eigenvalue weighted by Gasteiger charge is -2.28. The molecular formula is C25H28F2N6O4. The van der Waals surface area contributed by atoms with Gasteiger partial charge in [-0.15, -0.1) is 0 Å². The number of aromatic nitrogens is 4. The number of halogens is 2. The highest BCUT2D eigenvalue weighted by atomic mass is 19.3. The van der Waals surface area contributed by atoms with Gasteiger partial charge in [0.25, 0.3) is 0 Å². The van der Waals surface area contributed by atoms with Crippen molar-refractivity contribution >= 4 is 17.1 Å². The third kappa shape index (κ3) is 5.20. The summed E-state index contributed by atoms with van der Waals surface area (Å²) >= 11 is 0. The van der Waals surface area contributed by atoms with Gasteiger partial charge in [0.2, 0.25) is 17.8 Å². The predicted octanol–water partition coefficient (Wildman–Crippen LogP) is 3.15. The molecule has 0 amide bonds. The molecular weight excluding hydrogens is 486 g/mol. The Labute approximate surface area is 211 Å². The van der Waals surface area contributed by atoms with Crippen molar-refractivity contribution in [1.29, 1.82) is 5.26 Å². The molecule has 10 nitrogen and oxygen atoms in total. The van der Waals surface area contributed by atoms with Crippen LogP contribution in [0.2, 0.25) is 0 Å². The van der Waals surface area contributed by atoms with Crippen molar-refractivity contribution < 1.29 is 28.5 Å². The summed E-state index contributed by atoms with van der Waals surface area (Å²) in [5, 5.41) is 33.2. The lowest BCUT2D eigenvalue weighted by molar-refractivity contribution is -0.0444. The fraction of sp³-hybridized carbons (Fsp3) is 0.520. The number of aliphatic hydroxyl groups is 2. The van der Waals surface area contributed by atoms with Crippen LogP contribution in [-0.4, -0.2) is 60.5 Å². The fourth-order valence-electron chi connectivity index (χ4n) is 4.77.